The number of hydrogen-bond acceptors (Lipinski definition) is 3. The molecule has 1 rings (SSSR count). The SMILES string of the molecule is CCOCC(NC(=O)CCC(C)(C)C)c1cccc(OC(F)(F)F)c1. The van der Waals surface area contributed by atoms with Gasteiger partial charge in [0.2, 0.25) is 5.91 Å². The van der Waals surface area contributed by atoms with Crippen molar-refractivity contribution >= 4 is 5.91 Å². The molecule has 0 spiro atoms. The molecule has 0 aliphatic heterocycles. The molecule has 0 aromatic heterocycles. The Morgan fingerprint density at radius 3 is 2.48 bits per heavy atom. The summed E-state index contributed by atoms with van der Waals surface area (Å²) in [7, 11) is 0. The second kappa shape index (κ2) is 9.08. The lowest BCUT2D eigenvalue weighted by atomic mass is 9.90. The molecule has 0 heterocycles. The smallest absolute Gasteiger partial charge is 0.406 e. The van der Waals surface area contributed by atoms with Crippen LogP contribution in [0, 0.1) is 5.41 Å². The number of rotatable bonds is 8. The highest BCUT2D eigenvalue weighted by atomic mass is 19.4. The first-order valence-corrected chi connectivity index (χ1v) is 8.23. The first-order chi connectivity index (χ1) is 11.5. The molecule has 7 heteroatoms. The minimum absolute atomic E-state index is 0.0211. The highest BCUT2D eigenvalue weighted by Crippen LogP contribution is 2.26. The average Bonchev–Trinajstić information content (AvgIpc) is 2.47. The Hall–Kier alpha value is -1.76. The molecule has 142 valence electrons. The van der Waals surface area contributed by atoms with Crippen molar-refractivity contribution in [3.8, 4) is 5.75 Å². The zero-order chi connectivity index (χ0) is 19.1. The van der Waals surface area contributed by atoms with Crippen molar-refractivity contribution in [2.45, 2.75) is 52.9 Å². The Labute approximate surface area is 146 Å². The Morgan fingerprint density at radius 2 is 1.92 bits per heavy atom. The van der Waals surface area contributed by atoms with Crippen LogP contribution in [0.15, 0.2) is 24.3 Å². The number of alkyl halides is 3. The van der Waals surface area contributed by atoms with Crippen molar-refractivity contribution in [2.75, 3.05) is 13.2 Å². The fraction of sp³-hybridized carbons (Fsp3) is 0.611. The first kappa shape index (κ1) is 21.3. The van der Waals surface area contributed by atoms with Gasteiger partial charge in [0.1, 0.15) is 5.75 Å². The predicted molar refractivity (Wildman–Crippen MR) is 89.2 cm³/mol. The van der Waals surface area contributed by atoms with E-state index >= 15 is 0 Å². The average molecular weight is 361 g/mol. The molecule has 1 atom stereocenters. The zero-order valence-electron chi connectivity index (χ0n) is 15.1. The summed E-state index contributed by atoms with van der Waals surface area (Å²) in [5.41, 5.74) is 0.520. The second-order valence-electron chi connectivity index (χ2n) is 6.96. The molecule has 1 aromatic carbocycles. The number of carbonyl (C=O) groups excluding carboxylic acids is 1. The summed E-state index contributed by atoms with van der Waals surface area (Å²) in [6.45, 7) is 8.53. The van der Waals surface area contributed by atoms with E-state index in [1.54, 1.807) is 6.07 Å². The molecule has 0 saturated heterocycles. The van der Waals surface area contributed by atoms with E-state index < -0.39 is 12.4 Å². The highest BCUT2D eigenvalue weighted by Gasteiger charge is 2.31. The monoisotopic (exact) mass is 361 g/mol. The Morgan fingerprint density at radius 1 is 1.24 bits per heavy atom. The van der Waals surface area contributed by atoms with Crippen molar-refractivity contribution < 1.29 is 27.4 Å². The molecule has 1 unspecified atom stereocenters. The van der Waals surface area contributed by atoms with Crippen LogP contribution < -0.4 is 10.1 Å². The van der Waals surface area contributed by atoms with Gasteiger partial charge in [-0.3, -0.25) is 4.79 Å². The molecule has 0 aliphatic carbocycles. The fourth-order valence-corrected chi connectivity index (χ4v) is 2.14. The topological polar surface area (TPSA) is 47.6 Å². The first-order valence-electron chi connectivity index (χ1n) is 8.23. The summed E-state index contributed by atoms with van der Waals surface area (Å²) in [6, 6.07) is 5.04. The number of carbonyl (C=O) groups is 1. The molecule has 25 heavy (non-hydrogen) atoms. The molecule has 1 aromatic rings. The van der Waals surface area contributed by atoms with Crippen molar-refractivity contribution in [3.05, 3.63) is 29.8 Å². The fourth-order valence-electron chi connectivity index (χ4n) is 2.14. The number of nitrogens with one attached hydrogen (secondary N) is 1. The van der Waals surface area contributed by atoms with Crippen LogP contribution >= 0.6 is 0 Å². The minimum Gasteiger partial charge on any atom is -0.406 e. The van der Waals surface area contributed by atoms with Crippen LogP contribution in [0.1, 0.15) is 52.1 Å². The van der Waals surface area contributed by atoms with E-state index in [4.69, 9.17) is 4.74 Å². The van der Waals surface area contributed by atoms with Crippen LogP contribution in [-0.2, 0) is 9.53 Å². The Kier molecular flexibility index (Phi) is 7.73. The van der Waals surface area contributed by atoms with Gasteiger partial charge >= 0.3 is 6.36 Å². The number of hydrogen-bond donors (Lipinski definition) is 1. The minimum atomic E-state index is -4.76. The zero-order valence-corrected chi connectivity index (χ0v) is 15.1. The summed E-state index contributed by atoms with van der Waals surface area (Å²) in [6.07, 6.45) is -3.72. The van der Waals surface area contributed by atoms with Gasteiger partial charge in [-0.25, -0.2) is 0 Å². The largest absolute Gasteiger partial charge is 0.573 e. The molecule has 0 bridgehead atoms. The van der Waals surface area contributed by atoms with Gasteiger partial charge in [0.05, 0.1) is 12.6 Å². The van der Waals surface area contributed by atoms with Crippen LogP contribution in [0.4, 0.5) is 13.2 Å². The molecule has 1 N–H and O–H groups in total. The molecule has 0 aliphatic rings. The van der Waals surface area contributed by atoms with Crippen LogP contribution in [0.5, 0.6) is 5.75 Å². The highest BCUT2D eigenvalue weighted by molar-refractivity contribution is 5.76. The Bertz CT molecular complexity index is 553. The third kappa shape index (κ3) is 9.34. The van der Waals surface area contributed by atoms with E-state index in [1.807, 2.05) is 27.7 Å². The van der Waals surface area contributed by atoms with Gasteiger partial charge in [-0.15, -0.1) is 13.2 Å². The van der Waals surface area contributed by atoms with Crippen LogP contribution in [-0.4, -0.2) is 25.5 Å². The van der Waals surface area contributed by atoms with Crippen LogP contribution in [0.2, 0.25) is 0 Å². The van der Waals surface area contributed by atoms with Gasteiger partial charge in [0, 0.05) is 13.0 Å². The molecule has 4 nitrogen and oxygen atoms in total. The van der Waals surface area contributed by atoms with Gasteiger partial charge in [-0.2, -0.15) is 0 Å². The summed E-state index contributed by atoms with van der Waals surface area (Å²) >= 11 is 0. The normalized spacial score (nSPS) is 13.4. The van der Waals surface area contributed by atoms with Crippen LogP contribution in [0.25, 0.3) is 0 Å². The second-order valence-corrected chi connectivity index (χ2v) is 6.96. The van der Waals surface area contributed by atoms with Crippen molar-refractivity contribution in [1.29, 1.82) is 0 Å². The molecule has 0 radical (unpaired) electrons. The number of ether oxygens (including phenoxy) is 2. The van der Waals surface area contributed by atoms with E-state index in [-0.39, 0.29) is 23.7 Å². The van der Waals surface area contributed by atoms with Gasteiger partial charge < -0.3 is 14.8 Å². The third-order valence-electron chi connectivity index (χ3n) is 3.42. The van der Waals surface area contributed by atoms with E-state index in [0.29, 0.717) is 25.0 Å². The summed E-state index contributed by atoms with van der Waals surface area (Å²) in [5, 5.41) is 2.83. The Balaban J connectivity index is 2.84. The molecular formula is C18H26F3NO3. The number of benzene rings is 1. The molecule has 0 fully saturated rings. The van der Waals surface area contributed by atoms with Gasteiger partial charge in [-0.1, -0.05) is 32.9 Å². The lowest BCUT2D eigenvalue weighted by Gasteiger charge is -2.22. The molecular weight excluding hydrogens is 335 g/mol. The maximum Gasteiger partial charge on any atom is 0.573 e. The lowest BCUT2D eigenvalue weighted by molar-refractivity contribution is -0.274. The van der Waals surface area contributed by atoms with E-state index in [1.165, 1.54) is 18.2 Å². The molecule has 0 saturated carbocycles. The number of halogens is 3. The van der Waals surface area contributed by atoms with Gasteiger partial charge in [0.15, 0.2) is 0 Å². The predicted octanol–water partition coefficient (Wildman–Crippen LogP) is 4.61. The standard InChI is InChI=1S/C18H26F3NO3/c1-5-24-12-15(22-16(23)9-10-17(2,3)4)13-7-6-8-14(11-13)25-18(19,20)21/h6-8,11,15H,5,9-10,12H2,1-4H3,(H,22,23). The van der Waals surface area contributed by atoms with Gasteiger partial charge in [0.25, 0.3) is 0 Å². The number of amides is 1. The van der Waals surface area contributed by atoms with Crippen molar-refractivity contribution in [2.24, 2.45) is 5.41 Å². The van der Waals surface area contributed by atoms with E-state index in [0.717, 1.165) is 0 Å². The summed E-state index contributed by atoms with van der Waals surface area (Å²) in [5.74, 6) is -0.489. The molecule has 1 amide bonds. The van der Waals surface area contributed by atoms with E-state index in [9.17, 15) is 18.0 Å². The van der Waals surface area contributed by atoms with Crippen molar-refractivity contribution in [3.63, 3.8) is 0 Å². The maximum absolute atomic E-state index is 12.4. The van der Waals surface area contributed by atoms with Gasteiger partial charge in [-0.05, 0) is 36.5 Å². The van der Waals surface area contributed by atoms with Crippen LogP contribution in [0.3, 0.4) is 0 Å². The quantitative estimate of drug-likeness (QED) is 0.736. The summed E-state index contributed by atoms with van der Waals surface area (Å²) < 4.78 is 46.4. The lowest BCUT2D eigenvalue weighted by Crippen LogP contribution is -2.32. The van der Waals surface area contributed by atoms with E-state index in [2.05, 4.69) is 10.1 Å². The summed E-state index contributed by atoms with van der Waals surface area (Å²) in [4.78, 5) is 12.2. The third-order valence-corrected chi connectivity index (χ3v) is 3.42. The van der Waals surface area contributed by atoms with Crippen molar-refractivity contribution in [1.82, 2.24) is 5.32 Å². The maximum atomic E-state index is 12.4.